The number of fused-ring (bicyclic) bond motifs is 1. The molecular weight excluding hydrogens is 244 g/mol. The number of nitrogens with zero attached hydrogens (tertiary/aromatic N) is 2. The van der Waals surface area contributed by atoms with Crippen molar-refractivity contribution in [2.75, 3.05) is 0 Å². The van der Waals surface area contributed by atoms with E-state index in [1.165, 1.54) is 29.7 Å². The van der Waals surface area contributed by atoms with E-state index in [1.54, 1.807) is 11.3 Å². The third kappa shape index (κ3) is 2.22. The highest BCUT2D eigenvalue weighted by Crippen LogP contribution is 2.34. The fourth-order valence-corrected chi connectivity index (χ4v) is 3.77. The molecule has 2 aromatic heterocycles. The highest BCUT2D eigenvalue weighted by atomic mass is 32.1. The summed E-state index contributed by atoms with van der Waals surface area (Å²) in [6.45, 7) is 2.94. The minimum absolute atomic E-state index is 0.380. The Morgan fingerprint density at radius 1 is 1.50 bits per heavy atom. The van der Waals surface area contributed by atoms with Crippen molar-refractivity contribution >= 4 is 11.3 Å². The van der Waals surface area contributed by atoms with Gasteiger partial charge in [0.25, 0.3) is 0 Å². The number of aromatic nitrogens is 2. The van der Waals surface area contributed by atoms with Gasteiger partial charge in [-0.25, -0.2) is 0 Å². The van der Waals surface area contributed by atoms with E-state index in [2.05, 4.69) is 18.1 Å². The molecule has 1 aliphatic carbocycles. The molecule has 96 valence electrons. The first-order valence-electron chi connectivity index (χ1n) is 6.57. The van der Waals surface area contributed by atoms with Crippen molar-refractivity contribution < 1.29 is 5.11 Å². The van der Waals surface area contributed by atoms with E-state index in [9.17, 15) is 5.11 Å². The Hall–Kier alpha value is -1.13. The van der Waals surface area contributed by atoms with Crippen LogP contribution in [-0.4, -0.2) is 14.9 Å². The normalized spacial score (nSPS) is 15.9. The van der Waals surface area contributed by atoms with Crippen LogP contribution in [0.1, 0.15) is 40.3 Å². The molecule has 1 atom stereocenters. The van der Waals surface area contributed by atoms with Gasteiger partial charge < -0.3 is 5.11 Å². The van der Waals surface area contributed by atoms with E-state index < -0.39 is 0 Å². The molecule has 0 amide bonds. The van der Waals surface area contributed by atoms with Crippen LogP contribution in [0.3, 0.4) is 0 Å². The number of aryl methyl sites for hydroxylation is 3. The molecule has 0 radical (unpaired) electrons. The van der Waals surface area contributed by atoms with Gasteiger partial charge in [0.15, 0.2) is 0 Å². The van der Waals surface area contributed by atoms with Crippen LogP contribution in [0.4, 0.5) is 0 Å². The van der Waals surface area contributed by atoms with E-state index in [0.29, 0.717) is 6.42 Å². The Bertz CT molecular complexity index is 522. The summed E-state index contributed by atoms with van der Waals surface area (Å²) < 4.78 is 1.90. The van der Waals surface area contributed by atoms with Crippen molar-refractivity contribution in [2.24, 2.45) is 0 Å². The second-order valence-electron chi connectivity index (χ2n) is 4.87. The lowest BCUT2D eigenvalue weighted by atomic mass is 10.1. The molecule has 0 bridgehead atoms. The number of hydrogen-bond acceptors (Lipinski definition) is 3. The number of aliphatic hydroxyl groups excluding tert-OH is 1. The summed E-state index contributed by atoms with van der Waals surface area (Å²) in [5.74, 6) is 0. The third-order valence-electron chi connectivity index (χ3n) is 3.53. The van der Waals surface area contributed by atoms with Crippen LogP contribution in [0.15, 0.2) is 18.5 Å². The molecule has 1 unspecified atom stereocenters. The minimum atomic E-state index is -0.380. The maximum absolute atomic E-state index is 10.3. The number of aliphatic hydroxyl groups is 1. The fraction of sp³-hybridized carbons (Fsp3) is 0.500. The van der Waals surface area contributed by atoms with Gasteiger partial charge in [-0.3, -0.25) is 4.68 Å². The molecule has 0 aromatic carbocycles. The molecule has 18 heavy (non-hydrogen) atoms. The van der Waals surface area contributed by atoms with E-state index in [1.807, 2.05) is 17.1 Å². The smallest absolute Gasteiger partial charge is 0.0923 e. The van der Waals surface area contributed by atoms with E-state index in [0.717, 1.165) is 17.0 Å². The van der Waals surface area contributed by atoms with E-state index >= 15 is 0 Å². The largest absolute Gasteiger partial charge is 0.387 e. The molecule has 0 fully saturated rings. The van der Waals surface area contributed by atoms with Gasteiger partial charge in [-0.2, -0.15) is 5.10 Å². The number of thiophene rings is 1. The summed E-state index contributed by atoms with van der Waals surface area (Å²) in [7, 11) is 0. The fourth-order valence-electron chi connectivity index (χ4n) is 2.52. The second kappa shape index (κ2) is 4.86. The van der Waals surface area contributed by atoms with Gasteiger partial charge in [0.1, 0.15) is 0 Å². The molecule has 2 heterocycles. The molecule has 4 heteroatoms. The summed E-state index contributed by atoms with van der Waals surface area (Å²) in [6.07, 6.45) is 7.82. The molecule has 1 N–H and O–H groups in total. The van der Waals surface area contributed by atoms with E-state index in [-0.39, 0.29) is 6.10 Å². The predicted molar refractivity (Wildman–Crippen MR) is 72.9 cm³/mol. The van der Waals surface area contributed by atoms with Crippen LogP contribution in [-0.2, 0) is 25.8 Å². The van der Waals surface area contributed by atoms with Crippen LogP contribution >= 0.6 is 11.3 Å². The average molecular weight is 262 g/mol. The highest BCUT2D eigenvalue weighted by molar-refractivity contribution is 7.12. The Morgan fingerprint density at radius 2 is 2.39 bits per heavy atom. The summed E-state index contributed by atoms with van der Waals surface area (Å²) in [5, 5.41) is 14.5. The van der Waals surface area contributed by atoms with Crippen molar-refractivity contribution in [3.8, 4) is 0 Å². The zero-order valence-corrected chi connectivity index (χ0v) is 11.4. The summed E-state index contributed by atoms with van der Waals surface area (Å²) in [6, 6.07) is 2.20. The first-order chi connectivity index (χ1) is 8.76. The monoisotopic (exact) mass is 262 g/mol. The molecule has 2 aromatic rings. The summed E-state index contributed by atoms with van der Waals surface area (Å²) >= 11 is 1.78. The van der Waals surface area contributed by atoms with E-state index in [4.69, 9.17) is 0 Å². The standard InChI is InChI=1S/C14H18N2OS/c1-2-16-9-10(8-15-16)6-12(17)14-7-11-4-3-5-13(11)18-14/h7-9,12,17H,2-6H2,1H3. The van der Waals surface area contributed by atoms with Gasteiger partial charge in [0.05, 0.1) is 12.3 Å². The van der Waals surface area contributed by atoms with Crippen LogP contribution in [0.2, 0.25) is 0 Å². The minimum Gasteiger partial charge on any atom is -0.387 e. The van der Waals surface area contributed by atoms with Crippen molar-refractivity contribution in [3.63, 3.8) is 0 Å². The third-order valence-corrected chi connectivity index (χ3v) is 4.87. The zero-order chi connectivity index (χ0) is 12.5. The van der Waals surface area contributed by atoms with Gasteiger partial charge in [0.2, 0.25) is 0 Å². The first-order valence-corrected chi connectivity index (χ1v) is 7.38. The van der Waals surface area contributed by atoms with Gasteiger partial charge in [-0.15, -0.1) is 11.3 Å². The maximum atomic E-state index is 10.3. The highest BCUT2D eigenvalue weighted by Gasteiger charge is 2.19. The van der Waals surface area contributed by atoms with Crippen LogP contribution in [0.25, 0.3) is 0 Å². The predicted octanol–water partition coefficient (Wildman–Crippen LogP) is 2.73. The quantitative estimate of drug-likeness (QED) is 0.920. The number of hydrogen-bond donors (Lipinski definition) is 1. The maximum Gasteiger partial charge on any atom is 0.0923 e. The molecule has 1 aliphatic rings. The Balaban J connectivity index is 1.71. The topological polar surface area (TPSA) is 38.0 Å². The van der Waals surface area contributed by atoms with Crippen molar-refractivity contribution in [2.45, 2.75) is 45.3 Å². The molecular formula is C14H18N2OS. The zero-order valence-electron chi connectivity index (χ0n) is 10.6. The second-order valence-corrected chi connectivity index (χ2v) is 6.04. The van der Waals surface area contributed by atoms with Crippen molar-refractivity contribution in [1.29, 1.82) is 0 Å². The Morgan fingerprint density at radius 3 is 3.11 bits per heavy atom. The Labute approximate surface area is 111 Å². The van der Waals surface area contributed by atoms with Gasteiger partial charge in [0, 0.05) is 28.9 Å². The summed E-state index contributed by atoms with van der Waals surface area (Å²) in [5.41, 5.74) is 2.57. The molecule has 0 saturated heterocycles. The lowest BCUT2D eigenvalue weighted by Gasteiger charge is -2.06. The molecule has 0 saturated carbocycles. The molecule has 0 aliphatic heterocycles. The average Bonchev–Trinajstić information content (AvgIpc) is 3.02. The number of rotatable bonds is 4. The Kier molecular flexibility index (Phi) is 3.22. The van der Waals surface area contributed by atoms with Crippen LogP contribution < -0.4 is 0 Å². The van der Waals surface area contributed by atoms with Gasteiger partial charge >= 0.3 is 0 Å². The van der Waals surface area contributed by atoms with Crippen LogP contribution in [0, 0.1) is 0 Å². The van der Waals surface area contributed by atoms with Gasteiger partial charge in [-0.05, 0) is 43.4 Å². The first kappa shape index (κ1) is 11.9. The van der Waals surface area contributed by atoms with Crippen molar-refractivity contribution in [1.82, 2.24) is 9.78 Å². The molecule has 3 rings (SSSR count). The lowest BCUT2D eigenvalue weighted by Crippen LogP contribution is -1.99. The van der Waals surface area contributed by atoms with Crippen molar-refractivity contribution in [3.05, 3.63) is 39.3 Å². The SMILES string of the molecule is CCn1cc(CC(O)c2cc3c(s2)CCC3)cn1. The van der Waals surface area contributed by atoms with Crippen LogP contribution in [0.5, 0.6) is 0 Å². The van der Waals surface area contributed by atoms with Gasteiger partial charge in [-0.1, -0.05) is 0 Å². The molecule has 0 spiro atoms. The lowest BCUT2D eigenvalue weighted by molar-refractivity contribution is 0.182. The molecule has 3 nitrogen and oxygen atoms in total. The summed E-state index contributed by atoms with van der Waals surface area (Å²) in [4.78, 5) is 2.59.